The molecule has 6 unspecified atom stereocenters. The number of nitrogens with zero attached hydrogens (tertiary/aromatic N) is 3. The van der Waals surface area contributed by atoms with Crippen molar-refractivity contribution in [3.05, 3.63) is 18.1 Å². The Balaban J connectivity index is 1.81. The van der Waals surface area contributed by atoms with Crippen LogP contribution >= 0.6 is 15.9 Å². The molecule has 154 valence electrons. The van der Waals surface area contributed by atoms with E-state index in [2.05, 4.69) is 26.5 Å². The molecule has 0 spiro atoms. The maximum absolute atomic E-state index is 12.1. The summed E-state index contributed by atoms with van der Waals surface area (Å²) in [5.41, 5.74) is 0.768. The summed E-state index contributed by atoms with van der Waals surface area (Å²) in [7, 11) is -4.82. The van der Waals surface area contributed by atoms with E-state index >= 15 is 0 Å². The summed E-state index contributed by atoms with van der Waals surface area (Å²) in [6.07, 6.45) is 1.28. The smallest absolute Gasteiger partial charge is 0.372 e. The van der Waals surface area contributed by atoms with Gasteiger partial charge in [-0.25, -0.2) is 9.97 Å². The summed E-state index contributed by atoms with van der Waals surface area (Å²) in [5.74, 6) is 1.63. The lowest BCUT2D eigenvalue weighted by Gasteiger charge is -2.19. The van der Waals surface area contributed by atoms with Crippen molar-refractivity contribution in [1.82, 2.24) is 14.5 Å². The van der Waals surface area contributed by atoms with Gasteiger partial charge < -0.3 is 19.1 Å². The Labute approximate surface area is 164 Å². The van der Waals surface area contributed by atoms with Gasteiger partial charge in [-0.05, 0) is 23.2 Å². The Morgan fingerprint density at radius 3 is 2.75 bits per heavy atom. The van der Waals surface area contributed by atoms with E-state index in [9.17, 15) is 9.13 Å². The standard InChI is InChI=1S/C16H24N4O6P2/c1-9-10(2)16(25-13(9)8-24-28(5,23)26-27(21)22)20-7-6-12-14(17-4)18-11(3)19-15(12)20/h6-7,9-10,13,16H,8H2,1-5H3,(H-,17,18,19,21,22)/p+1. The third kappa shape index (κ3) is 4.27. The van der Waals surface area contributed by atoms with E-state index in [4.69, 9.17) is 14.2 Å². The fraction of sp³-hybridized carbons (Fsp3) is 0.625. The van der Waals surface area contributed by atoms with Crippen molar-refractivity contribution in [3.63, 3.8) is 0 Å². The molecule has 2 aromatic heterocycles. The molecule has 0 aromatic carbocycles. The van der Waals surface area contributed by atoms with Gasteiger partial charge in [-0.3, -0.25) is 4.57 Å². The first kappa shape index (κ1) is 21.3. The average molecular weight is 431 g/mol. The summed E-state index contributed by atoms with van der Waals surface area (Å²) < 4.78 is 40.8. The molecule has 0 bridgehead atoms. The Kier molecular flexibility index (Phi) is 6.20. The first-order valence-corrected chi connectivity index (χ1v) is 12.0. The van der Waals surface area contributed by atoms with Crippen molar-refractivity contribution >= 4 is 32.7 Å². The highest BCUT2D eigenvalue weighted by molar-refractivity contribution is 7.59. The number of fused-ring (bicyclic) bond motifs is 1. The number of anilines is 1. The van der Waals surface area contributed by atoms with E-state index in [1.54, 1.807) is 0 Å². The Bertz CT molecular complexity index is 935. The summed E-state index contributed by atoms with van der Waals surface area (Å²) in [5, 5.41) is 3.98. The number of ether oxygens (including phenoxy) is 1. The SMILES string of the molecule is CNc1nc(C)nc2c1ccn2C1OC(COP(C)(=O)O[P+](=O)O)C(C)C1C. The number of hydrogen-bond donors (Lipinski definition) is 2. The van der Waals surface area contributed by atoms with Crippen LogP contribution in [-0.2, 0) is 22.7 Å². The molecule has 1 aliphatic rings. The van der Waals surface area contributed by atoms with E-state index < -0.39 is 15.9 Å². The second kappa shape index (κ2) is 8.14. The summed E-state index contributed by atoms with van der Waals surface area (Å²) >= 11 is 0. The normalized spacial score (nSPS) is 27.7. The molecular weight excluding hydrogens is 406 g/mol. The molecule has 1 saturated heterocycles. The lowest BCUT2D eigenvalue weighted by Crippen LogP contribution is -2.21. The minimum Gasteiger partial charge on any atom is -0.372 e. The molecule has 0 amide bonds. The van der Waals surface area contributed by atoms with E-state index in [0.29, 0.717) is 5.82 Å². The average Bonchev–Trinajstić information content (AvgIpc) is 3.13. The lowest BCUT2D eigenvalue weighted by atomic mass is 9.93. The van der Waals surface area contributed by atoms with E-state index in [1.807, 2.05) is 37.7 Å². The molecule has 3 heterocycles. The van der Waals surface area contributed by atoms with Crippen LogP contribution in [0.25, 0.3) is 11.0 Å². The van der Waals surface area contributed by atoms with Crippen LogP contribution in [0.15, 0.2) is 12.3 Å². The predicted octanol–water partition coefficient (Wildman–Crippen LogP) is 3.46. The molecule has 1 fully saturated rings. The molecule has 0 radical (unpaired) electrons. The Morgan fingerprint density at radius 1 is 1.39 bits per heavy atom. The molecule has 10 nitrogen and oxygen atoms in total. The van der Waals surface area contributed by atoms with Gasteiger partial charge >= 0.3 is 15.9 Å². The molecule has 28 heavy (non-hydrogen) atoms. The highest BCUT2D eigenvalue weighted by Crippen LogP contribution is 2.52. The van der Waals surface area contributed by atoms with Gasteiger partial charge in [0.2, 0.25) is 0 Å². The maximum Gasteiger partial charge on any atom is 0.703 e. The first-order valence-electron chi connectivity index (χ1n) is 8.89. The summed E-state index contributed by atoms with van der Waals surface area (Å²) in [4.78, 5) is 17.8. The second-order valence-electron chi connectivity index (χ2n) is 7.00. The van der Waals surface area contributed by atoms with Crippen LogP contribution in [0, 0.1) is 18.8 Å². The van der Waals surface area contributed by atoms with Crippen LogP contribution in [-0.4, -0.2) is 45.9 Å². The van der Waals surface area contributed by atoms with Gasteiger partial charge in [0.25, 0.3) is 0 Å². The highest BCUT2D eigenvalue weighted by atomic mass is 31.2. The van der Waals surface area contributed by atoms with Crippen LogP contribution in [0.2, 0.25) is 0 Å². The topological polar surface area (TPSA) is 125 Å². The number of aryl methyl sites for hydroxylation is 1. The molecule has 6 atom stereocenters. The van der Waals surface area contributed by atoms with Gasteiger partial charge in [0.05, 0.1) is 18.1 Å². The number of hydrogen-bond acceptors (Lipinski definition) is 8. The van der Waals surface area contributed by atoms with Crippen molar-refractivity contribution in [2.45, 2.75) is 33.1 Å². The monoisotopic (exact) mass is 431 g/mol. The quantitative estimate of drug-likeness (QED) is 0.634. The van der Waals surface area contributed by atoms with E-state index in [0.717, 1.165) is 23.5 Å². The predicted molar refractivity (Wildman–Crippen MR) is 104 cm³/mol. The number of rotatable bonds is 7. The summed E-state index contributed by atoms with van der Waals surface area (Å²) in [6, 6.07) is 1.94. The van der Waals surface area contributed by atoms with Crippen molar-refractivity contribution in [1.29, 1.82) is 0 Å². The molecule has 3 rings (SSSR count). The summed E-state index contributed by atoms with van der Waals surface area (Å²) in [6.45, 7) is 7.09. The molecule has 2 N–H and O–H groups in total. The van der Waals surface area contributed by atoms with Gasteiger partial charge in [0, 0.05) is 30.4 Å². The first-order chi connectivity index (χ1) is 13.1. The zero-order chi connectivity index (χ0) is 20.6. The third-order valence-electron chi connectivity index (χ3n) is 5.07. The van der Waals surface area contributed by atoms with Crippen molar-refractivity contribution in [2.75, 3.05) is 25.6 Å². The minimum atomic E-state index is -3.63. The van der Waals surface area contributed by atoms with Crippen LogP contribution in [0.1, 0.15) is 25.9 Å². The van der Waals surface area contributed by atoms with Crippen molar-refractivity contribution < 1.29 is 27.6 Å². The lowest BCUT2D eigenvalue weighted by molar-refractivity contribution is -0.0298. The van der Waals surface area contributed by atoms with E-state index in [1.165, 1.54) is 0 Å². The highest BCUT2D eigenvalue weighted by Gasteiger charge is 2.42. The number of aromatic nitrogens is 3. The Morgan fingerprint density at radius 2 is 2.11 bits per heavy atom. The van der Waals surface area contributed by atoms with Crippen molar-refractivity contribution in [3.8, 4) is 0 Å². The molecular formula is C16H25N4O6P2+. The van der Waals surface area contributed by atoms with Gasteiger partial charge in [0.15, 0.2) is 0 Å². The largest absolute Gasteiger partial charge is 0.703 e. The molecule has 1 aliphatic heterocycles. The van der Waals surface area contributed by atoms with Gasteiger partial charge in [0.1, 0.15) is 23.5 Å². The fourth-order valence-corrected chi connectivity index (χ4v) is 5.05. The van der Waals surface area contributed by atoms with Crippen LogP contribution < -0.4 is 5.32 Å². The van der Waals surface area contributed by atoms with Gasteiger partial charge in [-0.1, -0.05) is 13.8 Å². The molecule has 0 aliphatic carbocycles. The Hall–Kier alpha value is -1.41. The van der Waals surface area contributed by atoms with Gasteiger partial charge in [-0.15, -0.1) is 4.89 Å². The molecule has 2 aromatic rings. The number of nitrogens with one attached hydrogen (secondary N) is 1. The zero-order valence-electron chi connectivity index (χ0n) is 16.4. The molecule has 12 heteroatoms. The third-order valence-corrected chi connectivity index (χ3v) is 7.43. The van der Waals surface area contributed by atoms with Crippen LogP contribution in [0.4, 0.5) is 5.82 Å². The fourth-order valence-electron chi connectivity index (χ4n) is 3.43. The van der Waals surface area contributed by atoms with Crippen molar-refractivity contribution in [2.24, 2.45) is 11.8 Å². The van der Waals surface area contributed by atoms with E-state index in [-0.39, 0.29) is 30.8 Å². The van der Waals surface area contributed by atoms with Crippen LogP contribution in [0.5, 0.6) is 0 Å². The molecule has 0 saturated carbocycles. The van der Waals surface area contributed by atoms with Gasteiger partial charge in [-0.2, -0.15) is 0 Å². The zero-order valence-corrected chi connectivity index (χ0v) is 18.2. The maximum atomic E-state index is 12.1. The second-order valence-corrected chi connectivity index (χ2v) is 9.93. The van der Waals surface area contributed by atoms with Crippen LogP contribution in [0.3, 0.4) is 0 Å². The minimum absolute atomic E-state index is 0.00602.